The van der Waals surface area contributed by atoms with Crippen molar-refractivity contribution in [3.63, 3.8) is 0 Å². The molecule has 0 aromatic heterocycles. The first-order valence-corrected chi connectivity index (χ1v) is 8.92. The molecule has 0 unspecified atom stereocenters. The summed E-state index contributed by atoms with van der Waals surface area (Å²) in [6, 6.07) is 6.37. The zero-order chi connectivity index (χ0) is 18.0. The Morgan fingerprint density at radius 3 is 2.44 bits per heavy atom. The van der Waals surface area contributed by atoms with Crippen LogP contribution in [0.25, 0.3) is 0 Å². The molecule has 0 radical (unpaired) electrons. The van der Waals surface area contributed by atoms with Gasteiger partial charge in [-0.05, 0) is 37.6 Å². The maximum atomic E-state index is 13.1. The Bertz CT molecular complexity index is 628. The summed E-state index contributed by atoms with van der Waals surface area (Å²) in [7, 11) is 1.97. The van der Waals surface area contributed by atoms with Gasteiger partial charge < -0.3 is 10.0 Å². The number of carbonyl (C=O) groups is 2. The first kappa shape index (κ1) is 17.9. The highest BCUT2D eigenvalue weighted by Gasteiger charge is 2.40. The molecule has 5 nitrogen and oxygen atoms in total. The summed E-state index contributed by atoms with van der Waals surface area (Å²) in [5.41, 5.74) is 0.772. The van der Waals surface area contributed by atoms with Crippen molar-refractivity contribution in [3.8, 4) is 0 Å². The van der Waals surface area contributed by atoms with Crippen LogP contribution in [0.1, 0.15) is 37.2 Å². The lowest BCUT2D eigenvalue weighted by Crippen LogP contribution is -2.41. The molecule has 1 aromatic rings. The largest absolute Gasteiger partial charge is 0.481 e. The molecule has 1 N–H and O–H groups in total. The first-order chi connectivity index (χ1) is 12.0. The van der Waals surface area contributed by atoms with Gasteiger partial charge in [-0.25, -0.2) is 4.39 Å². The van der Waals surface area contributed by atoms with Gasteiger partial charge in [0.25, 0.3) is 0 Å². The van der Waals surface area contributed by atoms with Gasteiger partial charge in [0.15, 0.2) is 0 Å². The molecular formula is C19H25FN2O3. The smallest absolute Gasteiger partial charge is 0.308 e. The minimum Gasteiger partial charge on any atom is -0.481 e. The third-order valence-electron chi connectivity index (χ3n) is 5.62. The van der Waals surface area contributed by atoms with Crippen molar-refractivity contribution < 1.29 is 19.1 Å². The van der Waals surface area contributed by atoms with Crippen LogP contribution in [0.2, 0.25) is 0 Å². The molecule has 3 rings (SSSR count). The molecule has 1 saturated heterocycles. The number of carboxylic acid groups (broad SMARTS) is 1. The molecule has 1 aliphatic carbocycles. The van der Waals surface area contributed by atoms with E-state index in [4.69, 9.17) is 0 Å². The van der Waals surface area contributed by atoms with Crippen LogP contribution in [0, 0.1) is 11.7 Å². The van der Waals surface area contributed by atoms with Gasteiger partial charge in [-0.15, -0.1) is 0 Å². The van der Waals surface area contributed by atoms with Gasteiger partial charge in [0, 0.05) is 25.0 Å². The quantitative estimate of drug-likeness (QED) is 0.887. The number of hydrogen-bond donors (Lipinski definition) is 1. The Morgan fingerprint density at radius 1 is 1.20 bits per heavy atom. The summed E-state index contributed by atoms with van der Waals surface area (Å²) >= 11 is 0. The molecule has 2 fully saturated rings. The molecule has 25 heavy (non-hydrogen) atoms. The molecule has 2 atom stereocenters. The van der Waals surface area contributed by atoms with E-state index in [1.807, 2.05) is 7.05 Å². The zero-order valence-corrected chi connectivity index (χ0v) is 14.5. The summed E-state index contributed by atoms with van der Waals surface area (Å²) < 4.78 is 13.1. The van der Waals surface area contributed by atoms with Gasteiger partial charge in [0.05, 0.1) is 12.5 Å². The molecule has 0 spiro atoms. The second kappa shape index (κ2) is 7.52. The fourth-order valence-electron chi connectivity index (χ4n) is 4.09. The van der Waals surface area contributed by atoms with E-state index in [0.29, 0.717) is 19.1 Å². The summed E-state index contributed by atoms with van der Waals surface area (Å²) in [6.07, 6.45) is 4.67. The highest BCUT2D eigenvalue weighted by Crippen LogP contribution is 2.33. The van der Waals surface area contributed by atoms with Gasteiger partial charge >= 0.3 is 5.97 Å². The van der Waals surface area contributed by atoms with Crippen molar-refractivity contribution in [1.82, 2.24) is 9.80 Å². The average molecular weight is 348 g/mol. The molecule has 1 saturated carbocycles. The van der Waals surface area contributed by atoms with Crippen LogP contribution >= 0.6 is 0 Å². The van der Waals surface area contributed by atoms with E-state index >= 15 is 0 Å². The molecule has 6 heteroatoms. The highest BCUT2D eigenvalue weighted by molar-refractivity contribution is 5.81. The van der Waals surface area contributed by atoms with Gasteiger partial charge in [-0.3, -0.25) is 14.5 Å². The van der Waals surface area contributed by atoms with E-state index in [1.165, 1.54) is 25.0 Å². The van der Waals surface area contributed by atoms with E-state index in [0.717, 1.165) is 18.4 Å². The predicted molar refractivity (Wildman–Crippen MR) is 91.7 cm³/mol. The molecule has 1 heterocycles. The van der Waals surface area contributed by atoms with Crippen molar-refractivity contribution in [2.75, 3.05) is 26.7 Å². The van der Waals surface area contributed by atoms with E-state index < -0.39 is 11.9 Å². The maximum absolute atomic E-state index is 13.1. The number of aliphatic carboxylic acids is 1. The van der Waals surface area contributed by atoms with E-state index in [2.05, 4.69) is 4.90 Å². The van der Waals surface area contributed by atoms with Crippen LogP contribution in [0.5, 0.6) is 0 Å². The zero-order valence-electron chi connectivity index (χ0n) is 14.5. The number of hydrogen-bond acceptors (Lipinski definition) is 3. The van der Waals surface area contributed by atoms with Crippen molar-refractivity contribution in [2.24, 2.45) is 5.92 Å². The molecule has 0 bridgehead atoms. The third kappa shape index (κ3) is 4.00. The predicted octanol–water partition coefficient (Wildman–Crippen LogP) is 2.33. The van der Waals surface area contributed by atoms with Crippen molar-refractivity contribution in [2.45, 2.75) is 37.6 Å². The summed E-state index contributed by atoms with van der Waals surface area (Å²) in [5, 5.41) is 9.53. The molecule has 1 amide bonds. The molecular weight excluding hydrogens is 323 g/mol. The lowest BCUT2D eigenvalue weighted by molar-refractivity contribution is -0.141. The minimum atomic E-state index is -0.909. The number of halogens is 1. The number of likely N-dealkylation sites (tertiary alicyclic amines) is 1. The summed E-state index contributed by atoms with van der Waals surface area (Å²) in [5.74, 6) is -2.22. The number of carbonyl (C=O) groups excluding carboxylic acids is 1. The molecule has 2 aliphatic rings. The Balaban J connectivity index is 1.67. The fourth-order valence-corrected chi connectivity index (χ4v) is 4.09. The van der Waals surface area contributed by atoms with Gasteiger partial charge in [-0.1, -0.05) is 25.0 Å². The van der Waals surface area contributed by atoms with Crippen molar-refractivity contribution in [1.29, 1.82) is 0 Å². The SMILES string of the molecule is CN(CC(=O)N1C[C@H](C(=O)O)[C@@H](c2ccc(F)cc2)C1)C1CCCC1. The van der Waals surface area contributed by atoms with Crippen molar-refractivity contribution >= 4 is 11.9 Å². The van der Waals surface area contributed by atoms with Crippen LogP contribution in [0.3, 0.4) is 0 Å². The first-order valence-electron chi connectivity index (χ1n) is 8.92. The lowest BCUT2D eigenvalue weighted by Gasteiger charge is -2.26. The number of benzene rings is 1. The van der Waals surface area contributed by atoms with Gasteiger partial charge in [0.2, 0.25) is 5.91 Å². The monoisotopic (exact) mass is 348 g/mol. The Labute approximate surface area is 147 Å². The number of rotatable bonds is 5. The number of amides is 1. The summed E-state index contributed by atoms with van der Waals surface area (Å²) in [6.45, 7) is 0.918. The molecule has 136 valence electrons. The molecule has 1 aromatic carbocycles. The molecule has 1 aliphatic heterocycles. The normalized spacial score (nSPS) is 24.2. The Kier molecular flexibility index (Phi) is 5.37. The second-order valence-corrected chi connectivity index (χ2v) is 7.25. The Hall–Kier alpha value is -1.95. The van der Waals surface area contributed by atoms with Crippen LogP contribution in [0.4, 0.5) is 4.39 Å². The lowest BCUT2D eigenvalue weighted by atomic mass is 9.89. The maximum Gasteiger partial charge on any atom is 0.308 e. The second-order valence-electron chi connectivity index (χ2n) is 7.25. The third-order valence-corrected chi connectivity index (χ3v) is 5.62. The topological polar surface area (TPSA) is 60.9 Å². The van der Waals surface area contributed by atoms with Gasteiger partial charge in [-0.2, -0.15) is 0 Å². The number of carboxylic acids is 1. The summed E-state index contributed by atoms with van der Waals surface area (Å²) in [4.78, 5) is 28.0. The van der Waals surface area contributed by atoms with Crippen LogP contribution in [-0.2, 0) is 9.59 Å². The van der Waals surface area contributed by atoms with E-state index in [-0.39, 0.29) is 24.2 Å². The standard InChI is InChI=1S/C19H25FN2O3/c1-21(15-4-2-3-5-15)12-18(23)22-10-16(17(11-22)19(24)25)13-6-8-14(20)9-7-13/h6-9,15-17H,2-5,10-12H2,1H3,(H,24,25)/t16-,17+/m1/s1. The van der Waals surface area contributed by atoms with E-state index in [1.54, 1.807) is 17.0 Å². The van der Waals surface area contributed by atoms with Crippen LogP contribution in [0.15, 0.2) is 24.3 Å². The van der Waals surface area contributed by atoms with Crippen LogP contribution < -0.4 is 0 Å². The van der Waals surface area contributed by atoms with Gasteiger partial charge in [0.1, 0.15) is 5.82 Å². The average Bonchev–Trinajstić information content (AvgIpc) is 3.25. The van der Waals surface area contributed by atoms with Crippen molar-refractivity contribution in [3.05, 3.63) is 35.6 Å². The fraction of sp³-hybridized carbons (Fsp3) is 0.579. The van der Waals surface area contributed by atoms with E-state index in [9.17, 15) is 19.1 Å². The Morgan fingerprint density at radius 2 is 1.84 bits per heavy atom. The minimum absolute atomic E-state index is 0.0229. The van der Waals surface area contributed by atoms with Crippen LogP contribution in [-0.4, -0.2) is 59.5 Å². The highest BCUT2D eigenvalue weighted by atomic mass is 19.1. The number of likely N-dealkylation sites (N-methyl/N-ethyl adjacent to an activating group) is 1. The number of nitrogens with zero attached hydrogens (tertiary/aromatic N) is 2.